The minimum Gasteiger partial charge on any atom is -0.395 e. The first-order valence-electron chi connectivity index (χ1n) is 8.13. The number of halogens is 1. The number of carbonyl (C=O) groups is 1. The molecule has 1 amide bonds. The average molecular weight is 546 g/mol. The summed E-state index contributed by atoms with van der Waals surface area (Å²) in [6, 6.07) is 1.61. The normalized spacial score (nSPS) is 11.1. The molecule has 0 spiro atoms. The average Bonchev–Trinajstić information content (AvgIpc) is 2.63. The minimum atomic E-state index is -4.26. The Hall–Kier alpha value is -2.11. The molecular formula is C14H19IN4O9S. The van der Waals surface area contributed by atoms with Crippen molar-refractivity contribution in [2.24, 2.45) is 0 Å². The fourth-order valence-electron chi connectivity index (χ4n) is 2.49. The standard InChI is InChI=1S/C14H19IN4O9S/c15-2-5-17(4-1-7-29(26,27)28)13-11(14(21)16-3-6-20)8-10(18(22)23)9-12(13)19(24)25/h8-9,20H,1-7H2,(H,16,21)(H,26,27,28). The molecule has 0 saturated carbocycles. The summed E-state index contributed by atoms with van der Waals surface area (Å²) in [5, 5.41) is 33.9. The van der Waals surface area contributed by atoms with Gasteiger partial charge in [-0.05, 0) is 6.42 Å². The zero-order valence-corrected chi connectivity index (χ0v) is 18.0. The van der Waals surface area contributed by atoms with Crippen molar-refractivity contribution in [2.75, 3.05) is 41.3 Å². The van der Waals surface area contributed by atoms with E-state index in [1.165, 1.54) is 4.90 Å². The van der Waals surface area contributed by atoms with Crippen molar-refractivity contribution in [1.82, 2.24) is 5.32 Å². The van der Waals surface area contributed by atoms with E-state index in [-0.39, 0.29) is 37.3 Å². The van der Waals surface area contributed by atoms with Crippen LogP contribution in [0.1, 0.15) is 16.8 Å². The van der Waals surface area contributed by atoms with Crippen molar-refractivity contribution in [3.05, 3.63) is 37.9 Å². The highest BCUT2D eigenvalue weighted by Crippen LogP contribution is 2.36. The highest BCUT2D eigenvalue weighted by atomic mass is 127. The first kappa shape index (κ1) is 24.9. The maximum atomic E-state index is 12.5. The van der Waals surface area contributed by atoms with E-state index in [2.05, 4.69) is 5.32 Å². The molecule has 13 nitrogen and oxygen atoms in total. The molecule has 162 valence electrons. The smallest absolute Gasteiger partial charge is 0.300 e. The van der Waals surface area contributed by atoms with Gasteiger partial charge in [0.25, 0.3) is 27.4 Å². The molecule has 0 radical (unpaired) electrons. The molecule has 0 atom stereocenters. The monoisotopic (exact) mass is 546 g/mol. The SMILES string of the molecule is O=C(NCCO)c1cc([N+](=O)[O-])cc([N+](=O)[O-])c1N(CCI)CCCS(=O)(=O)O. The summed E-state index contributed by atoms with van der Waals surface area (Å²) in [5.74, 6) is -1.47. The van der Waals surface area contributed by atoms with Crippen LogP contribution in [0.4, 0.5) is 17.1 Å². The Morgan fingerprint density at radius 3 is 2.34 bits per heavy atom. The van der Waals surface area contributed by atoms with E-state index < -0.39 is 49.6 Å². The predicted octanol–water partition coefficient (Wildman–Crippen LogP) is 0.744. The lowest BCUT2D eigenvalue weighted by Gasteiger charge is -2.25. The molecule has 3 N–H and O–H groups in total. The maximum absolute atomic E-state index is 12.5. The number of alkyl halides is 1. The van der Waals surface area contributed by atoms with Gasteiger partial charge in [0.15, 0.2) is 0 Å². The molecular weight excluding hydrogens is 527 g/mol. The van der Waals surface area contributed by atoms with Gasteiger partial charge in [0, 0.05) is 30.1 Å². The first-order chi connectivity index (χ1) is 13.5. The van der Waals surface area contributed by atoms with Crippen LogP contribution in [0.5, 0.6) is 0 Å². The lowest BCUT2D eigenvalue weighted by molar-refractivity contribution is -0.393. The zero-order valence-electron chi connectivity index (χ0n) is 15.0. The molecule has 0 unspecified atom stereocenters. The van der Waals surface area contributed by atoms with Crippen molar-refractivity contribution in [3.63, 3.8) is 0 Å². The van der Waals surface area contributed by atoms with Crippen molar-refractivity contribution in [2.45, 2.75) is 6.42 Å². The Morgan fingerprint density at radius 1 is 1.21 bits per heavy atom. The van der Waals surface area contributed by atoms with Gasteiger partial charge in [0.05, 0.1) is 33.8 Å². The molecule has 1 aromatic rings. The molecule has 29 heavy (non-hydrogen) atoms. The van der Waals surface area contributed by atoms with Gasteiger partial charge < -0.3 is 15.3 Å². The Labute approximate surface area is 179 Å². The van der Waals surface area contributed by atoms with Crippen LogP contribution < -0.4 is 10.2 Å². The summed E-state index contributed by atoms with van der Waals surface area (Å²) < 4.78 is 31.3. The molecule has 0 fully saturated rings. The van der Waals surface area contributed by atoms with E-state index in [1.807, 2.05) is 22.6 Å². The summed E-state index contributed by atoms with van der Waals surface area (Å²) in [5.41, 5.74) is -1.91. The number of rotatable bonds is 12. The van der Waals surface area contributed by atoms with Gasteiger partial charge in [-0.2, -0.15) is 8.42 Å². The van der Waals surface area contributed by atoms with Crippen LogP contribution in [0.2, 0.25) is 0 Å². The maximum Gasteiger partial charge on any atom is 0.300 e. The molecule has 0 saturated heterocycles. The summed E-state index contributed by atoms with van der Waals surface area (Å²) in [4.78, 5) is 34.8. The minimum absolute atomic E-state index is 0.0677. The van der Waals surface area contributed by atoms with Crippen molar-refractivity contribution in [3.8, 4) is 0 Å². The lowest BCUT2D eigenvalue weighted by atomic mass is 10.1. The van der Waals surface area contributed by atoms with Gasteiger partial charge in [0.1, 0.15) is 5.69 Å². The van der Waals surface area contributed by atoms with Gasteiger partial charge in [0.2, 0.25) is 0 Å². The molecule has 0 aromatic heterocycles. The van der Waals surface area contributed by atoms with E-state index in [1.54, 1.807) is 0 Å². The Balaban J connectivity index is 3.55. The van der Waals surface area contributed by atoms with Gasteiger partial charge >= 0.3 is 0 Å². The van der Waals surface area contributed by atoms with Gasteiger partial charge in [-0.25, -0.2) is 0 Å². The highest BCUT2D eigenvalue weighted by Gasteiger charge is 2.30. The molecule has 15 heteroatoms. The van der Waals surface area contributed by atoms with E-state index in [0.29, 0.717) is 4.43 Å². The summed E-state index contributed by atoms with van der Waals surface area (Å²) in [7, 11) is -4.26. The van der Waals surface area contributed by atoms with Gasteiger partial charge in [-0.1, -0.05) is 22.6 Å². The third-order valence-corrected chi connectivity index (χ3v) is 4.91. The number of aliphatic hydroxyl groups is 1. The predicted molar refractivity (Wildman–Crippen MR) is 111 cm³/mol. The van der Waals surface area contributed by atoms with Crippen LogP contribution in [0.25, 0.3) is 0 Å². The zero-order chi connectivity index (χ0) is 22.2. The molecule has 0 aliphatic carbocycles. The fraction of sp³-hybridized carbons (Fsp3) is 0.500. The second-order valence-corrected chi connectivity index (χ2v) is 8.32. The van der Waals surface area contributed by atoms with Crippen molar-refractivity contribution >= 4 is 55.7 Å². The summed E-state index contributed by atoms with van der Waals surface area (Å²) in [6.45, 7) is -0.486. The molecule has 0 bridgehead atoms. The van der Waals surface area contributed by atoms with E-state index >= 15 is 0 Å². The van der Waals surface area contributed by atoms with E-state index in [4.69, 9.17) is 9.66 Å². The summed E-state index contributed by atoms with van der Waals surface area (Å²) >= 11 is 1.97. The second-order valence-electron chi connectivity index (χ2n) is 5.67. The fourth-order valence-corrected chi connectivity index (χ4v) is 3.57. The topological polar surface area (TPSA) is 193 Å². The van der Waals surface area contributed by atoms with Crippen molar-refractivity contribution < 1.29 is 32.7 Å². The number of nitrogens with one attached hydrogen (secondary N) is 1. The number of hydrogen-bond donors (Lipinski definition) is 3. The summed E-state index contributed by atoms with van der Waals surface area (Å²) in [6.07, 6.45) is -0.0959. The number of hydrogen-bond acceptors (Lipinski definition) is 9. The van der Waals surface area contributed by atoms with Crippen molar-refractivity contribution in [1.29, 1.82) is 0 Å². The molecule has 0 aliphatic heterocycles. The molecule has 0 aliphatic rings. The number of nitro groups is 2. The van der Waals surface area contributed by atoms with Gasteiger partial charge in [-0.3, -0.25) is 29.6 Å². The number of nitro benzene ring substituents is 2. The van der Waals surface area contributed by atoms with Gasteiger partial charge in [-0.15, -0.1) is 0 Å². The number of amides is 1. The van der Waals surface area contributed by atoms with Crippen LogP contribution in [-0.2, 0) is 10.1 Å². The molecule has 1 rings (SSSR count). The quantitative estimate of drug-likeness (QED) is 0.111. The largest absolute Gasteiger partial charge is 0.395 e. The molecule has 1 aromatic carbocycles. The number of nitrogens with zero attached hydrogens (tertiary/aromatic N) is 3. The number of benzene rings is 1. The Morgan fingerprint density at radius 2 is 1.86 bits per heavy atom. The highest BCUT2D eigenvalue weighted by molar-refractivity contribution is 14.1. The Kier molecular flexibility index (Phi) is 9.60. The first-order valence-corrected chi connectivity index (χ1v) is 11.3. The second kappa shape index (κ2) is 11.2. The third kappa shape index (κ3) is 7.67. The number of anilines is 1. The van der Waals surface area contributed by atoms with Crippen LogP contribution in [0.3, 0.4) is 0 Å². The van der Waals surface area contributed by atoms with Crippen LogP contribution in [0.15, 0.2) is 12.1 Å². The lowest BCUT2D eigenvalue weighted by Crippen LogP contribution is -2.33. The van der Waals surface area contributed by atoms with Crippen LogP contribution in [0, 0.1) is 20.2 Å². The number of carbonyl (C=O) groups excluding carboxylic acids is 1. The van der Waals surface area contributed by atoms with Crippen LogP contribution >= 0.6 is 22.6 Å². The third-order valence-electron chi connectivity index (χ3n) is 3.63. The Bertz CT molecular complexity index is 878. The van der Waals surface area contributed by atoms with Crippen LogP contribution in [-0.4, -0.2) is 70.3 Å². The van der Waals surface area contributed by atoms with E-state index in [0.717, 1.165) is 12.1 Å². The van der Waals surface area contributed by atoms with E-state index in [9.17, 15) is 33.4 Å². The number of non-ortho nitro benzene ring substituents is 1. The number of aliphatic hydroxyl groups excluding tert-OH is 1. The molecule has 0 heterocycles.